The maximum atomic E-state index is 5.05. The van der Waals surface area contributed by atoms with Crippen molar-refractivity contribution in [2.75, 3.05) is 30.9 Å². The van der Waals surface area contributed by atoms with E-state index >= 15 is 0 Å². The lowest BCUT2D eigenvalue weighted by molar-refractivity contribution is 0.210. The van der Waals surface area contributed by atoms with Crippen LogP contribution in [0, 0.1) is 0 Å². The van der Waals surface area contributed by atoms with E-state index in [2.05, 4.69) is 35.6 Å². The highest BCUT2D eigenvalue weighted by molar-refractivity contribution is 5.83. The first kappa shape index (κ1) is 15.0. The highest BCUT2D eigenvalue weighted by Gasteiger charge is 2.09. The molecule has 0 fully saturated rings. The van der Waals surface area contributed by atoms with E-state index in [1.807, 2.05) is 12.1 Å². The third-order valence-corrected chi connectivity index (χ3v) is 3.10. The quantitative estimate of drug-likeness (QED) is 0.633. The minimum Gasteiger partial charge on any atom is -0.383 e. The van der Waals surface area contributed by atoms with Crippen LogP contribution in [0.2, 0.25) is 0 Å². The number of nitrogens with one attached hydrogen (secondary N) is 2. The Morgan fingerprint density at radius 3 is 2.83 bits per heavy atom. The largest absolute Gasteiger partial charge is 0.383 e. The van der Waals surface area contributed by atoms with Crippen LogP contribution < -0.4 is 10.6 Å². The van der Waals surface area contributed by atoms with Crippen LogP contribution in [-0.4, -0.2) is 45.2 Å². The SMILES string of the molecule is COCCNc1nc(NCc2cccnc2)nc2nccnc12. The molecule has 0 saturated heterocycles. The van der Waals surface area contributed by atoms with Crippen LogP contribution in [0.15, 0.2) is 36.9 Å². The second-order valence-electron chi connectivity index (χ2n) is 4.76. The monoisotopic (exact) mass is 311 g/mol. The summed E-state index contributed by atoms with van der Waals surface area (Å²) in [7, 11) is 1.65. The van der Waals surface area contributed by atoms with Crippen LogP contribution in [0.1, 0.15) is 5.56 Å². The summed E-state index contributed by atoms with van der Waals surface area (Å²) < 4.78 is 5.05. The Morgan fingerprint density at radius 1 is 1.09 bits per heavy atom. The Hall–Kier alpha value is -2.87. The zero-order valence-corrected chi connectivity index (χ0v) is 12.7. The molecule has 8 heteroatoms. The molecular formula is C15H17N7O. The van der Waals surface area contributed by atoms with Gasteiger partial charge in [-0.25, -0.2) is 9.97 Å². The normalized spacial score (nSPS) is 10.7. The predicted octanol–water partition coefficient (Wildman–Crippen LogP) is 1.49. The van der Waals surface area contributed by atoms with E-state index in [4.69, 9.17) is 4.74 Å². The third kappa shape index (κ3) is 3.86. The van der Waals surface area contributed by atoms with E-state index in [1.165, 1.54) is 0 Å². The van der Waals surface area contributed by atoms with Gasteiger partial charge in [0.25, 0.3) is 0 Å². The number of fused-ring (bicyclic) bond motifs is 1. The van der Waals surface area contributed by atoms with Crippen molar-refractivity contribution in [3.8, 4) is 0 Å². The molecule has 23 heavy (non-hydrogen) atoms. The average Bonchev–Trinajstić information content (AvgIpc) is 2.61. The standard InChI is InChI=1S/C15H17N7O/c1-23-8-7-19-14-12-13(18-6-5-17-12)21-15(22-14)20-10-11-3-2-4-16-9-11/h2-6,9H,7-8,10H2,1H3,(H2,18,19,20,21,22). The Labute approximate surface area is 133 Å². The van der Waals surface area contributed by atoms with Gasteiger partial charge in [0.2, 0.25) is 5.95 Å². The van der Waals surface area contributed by atoms with E-state index < -0.39 is 0 Å². The smallest absolute Gasteiger partial charge is 0.227 e. The lowest BCUT2D eigenvalue weighted by Gasteiger charge is -2.10. The topological polar surface area (TPSA) is 97.7 Å². The second kappa shape index (κ2) is 7.41. The van der Waals surface area contributed by atoms with Gasteiger partial charge in [-0.05, 0) is 11.6 Å². The first-order valence-corrected chi connectivity index (χ1v) is 7.21. The molecule has 0 atom stereocenters. The van der Waals surface area contributed by atoms with Crippen molar-refractivity contribution in [3.05, 3.63) is 42.5 Å². The Balaban J connectivity index is 1.82. The number of methoxy groups -OCH3 is 1. The van der Waals surface area contributed by atoms with Crippen molar-refractivity contribution in [3.63, 3.8) is 0 Å². The van der Waals surface area contributed by atoms with Crippen molar-refractivity contribution in [1.29, 1.82) is 0 Å². The molecule has 3 aromatic rings. The van der Waals surface area contributed by atoms with E-state index in [-0.39, 0.29) is 0 Å². The first-order valence-electron chi connectivity index (χ1n) is 7.21. The summed E-state index contributed by atoms with van der Waals surface area (Å²) in [5.41, 5.74) is 2.22. The van der Waals surface area contributed by atoms with E-state index in [9.17, 15) is 0 Å². The lowest BCUT2D eigenvalue weighted by Crippen LogP contribution is -2.12. The summed E-state index contributed by atoms with van der Waals surface area (Å²) in [6.45, 7) is 1.78. The highest BCUT2D eigenvalue weighted by atomic mass is 16.5. The Morgan fingerprint density at radius 2 is 2.00 bits per heavy atom. The molecule has 0 saturated carbocycles. The number of nitrogens with zero attached hydrogens (tertiary/aromatic N) is 5. The fourth-order valence-electron chi connectivity index (χ4n) is 2.02. The molecule has 3 aromatic heterocycles. The molecule has 0 spiro atoms. The third-order valence-electron chi connectivity index (χ3n) is 3.10. The summed E-state index contributed by atoms with van der Waals surface area (Å²) in [6, 6.07) is 3.88. The van der Waals surface area contributed by atoms with Crippen LogP contribution in [0.25, 0.3) is 11.2 Å². The molecule has 3 rings (SSSR count). The molecular weight excluding hydrogens is 294 g/mol. The molecule has 8 nitrogen and oxygen atoms in total. The van der Waals surface area contributed by atoms with Gasteiger partial charge in [0, 0.05) is 45.0 Å². The van der Waals surface area contributed by atoms with Gasteiger partial charge >= 0.3 is 0 Å². The molecule has 0 aliphatic rings. The van der Waals surface area contributed by atoms with E-state index in [1.54, 1.807) is 31.9 Å². The number of pyridine rings is 1. The number of anilines is 2. The number of aromatic nitrogens is 5. The van der Waals surface area contributed by atoms with Crippen molar-refractivity contribution in [2.24, 2.45) is 0 Å². The molecule has 0 unspecified atom stereocenters. The number of hydrogen-bond donors (Lipinski definition) is 2. The number of hydrogen-bond acceptors (Lipinski definition) is 8. The first-order chi connectivity index (χ1) is 11.4. The highest BCUT2D eigenvalue weighted by Crippen LogP contribution is 2.18. The Kier molecular flexibility index (Phi) is 4.85. The van der Waals surface area contributed by atoms with Crippen LogP contribution in [0.4, 0.5) is 11.8 Å². The minimum atomic E-state index is 0.488. The minimum absolute atomic E-state index is 0.488. The molecule has 0 aromatic carbocycles. The average molecular weight is 311 g/mol. The second-order valence-corrected chi connectivity index (χ2v) is 4.76. The number of rotatable bonds is 7. The van der Waals surface area contributed by atoms with Crippen LogP contribution in [0.3, 0.4) is 0 Å². The van der Waals surface area contributed by atoms with Gasteiger partial charge in [-0.3, -0.25) is 4.98 Å². The van der Waals surface area contributed by atoms with Gasteiger partial charge in [0.15, 0.2) is 17.0 Å². The summed E-state index contributed by atoms with van der Waals surface area (Å²) in [6.07, 6.45) is 6.77. The molecule has 0 aliphatic carbocycles. The summed E-state index contributed by atoms with van der Waals surface area (Å²) in [5, 5.41) is 6.38. The maximum Gasteiger partial charge on any atom is 0.227 e. The molecule has 0 amide bonds. The zero-order chi connectivity index (χ0) is 15.9. The summed E-state index contributed by atoms with van der Waals surface area (Å²) >= 11 is 0. The number of ether oxygens (including phenoxy) is 1. The molecule has 0 bridgehead atoms. The van der Waals surface area contributed by atoms with Gasteiger partial charge in [0.05, 0.1) is 6.61 Å². The van der Waals surface area contributed by atoms with E-state index in [0.717, 1.165) is 5.56 Å². The molecule has 0 aliphatic heterocycles. The van der Waals surface area contributed by atoms with Crippen LogP contribution in [0.5, 0.6) is 0 Å². The molecule has 0 radical (unpaired) electrons. The van der Waals surface area contributed by atoms with Gasteiger partial charge in [-0.15, -0.1) is 0 Å². The summed E-state index contributed by atoms with van der Waals surface area (Å²) in [4.78, 5) is 21.5. The molecule has 3 heterocycles. The predicted molar refractivity (Wildman–Crippen MR) is 87.1 cm³/mol. The van der Waals surface area contributed by atoms with Crippen molar-refractivity contribution < 1.29 is 4.74 Å². The van der Waals surface area contributed by atoms with Gasteiger partial charge in [-0.1, -0.05) is 6.07 Å². The molecule has 2 N–H and O–H groups in total. The molecule has 118 valence electrons. The maximum absolute atomic E-state index is 5.05. The van der Waals surface area contributed by atoms with Gasteiger partial charge < -0.3 is 15.4 Å². The van der Waals surface area contributed by atoms with E-state index in [0.29, 0.717) is 42.6 Å². The lowest BCUT2D eigenvalue weighted by atomic mass is 10.3. The van der Waals surface area contributed by atoms with Crippen LogP contribution in [-0.2, 0) is 11.3 Å². The fraction of sp³-hybridized carbons (Fsp3) is 0.267. The fourth-order valence-corrected chi connectivity index (χ4v) is 2.02. The Bertz CT molecular complexity index is 766. The van der Waals surface area contributed by atoms with Gasteiger partial charge in [0.1, 0.15) is 0 Å². The van der Waals surface area contributed by atoms with Gasteiger partial charge in [-0.2, -0.15) is 9.97 Å². The zero-order valence-electron chi connectivity index (χ0n) is 12.7. The van der Waals surface area contributed by atoms with Crippen molar-refractivity contribution in [2.45, 2.75) is 6.54 Å². The van der Waals surface area contributed by atoms with Crippen molar-refractivity contribution >= 4 is 22.9 Å². The summed E-state index contributed by atoms with van der Waals surface area (Å²) in [5.74, 6) is 1.12. The van der Waals surface area contributed by atoms with Crippen LogP contribution >= 0.6 is 0 Å². The van der Waals surface area contributed by atoms with Crippen molar-refractivity contribution in [1.82, 2.24) is 24.9 Å².